The lowest BCUT2D eigenvalue weighted by molar-refractivity contribution is 0.154. The minimum Gasteiger partial charge on any atom is -0.308 e. The van der Waals surface area contributed by atoms with Crippen molar-refractivity contribution in [2.45, 2.75) is 58.7 Å². The topological polar surface area (TPSA) is 67.2 Å². The highest BCUT2D eigenvalue weighted by atomic mass is 16.1. The minimum absolute atomic E-state index is 0.0172. The third kappa shape index (κ3) is 5.59. The minimum atomic E-state index is 0.0172. The highest BCUT2D eigenvalue weighted by molar-refractivity contribution is 5.26. The lowest BCUT2D eigenvalue weighted by atomic mass is 10.1. The first-order valence-corrected chi connectivity index (χ1v) is 12.3. The molecule has 7 heteroatoms. The molecule has 1 unspecified atom stereocenters. The van der Waals surface area contributed by atoms with E-state index in [1.54, 1.807) is 0 Å². The molecule has 7 nitrogen and oxygen atoms in total. The molecule has 1 aliphatic rings. The van der Waals surface area contributed by atoms with Crippen molar-refractivity contribution in [3.8, 4) is 0 Å². The van der Waals surface area contributed by atoms with E-state index in [1.807, 2.05) is 42.1 Å². The van der Waals surface area contributed by atoms with Gasteiger partial charge in [-0.3, -0.25) is 14.3 Å². The zero-order valence-electron chi connectivity index (χ0n) is 20.9. The van der Waals surface area contributed by atoms with E-state index in [1.165, 1.54) is 0 Å². The number of hydrogen-bond acceptors (Lipinski definition) is 6. The normalized spacial score (nSPS) is 14.1. The van der Waals surface area contributed by atoms with E-state index in [2.05, 4.69) is 52.9 Å². The van der Waals surface area contributed by atoms with Crippen LogP contribution in [-0.4, -0.2) is 56.5 Å². The van der Waals surface area contributed by atoms with E-state index in [9.17, 15) is 4.79 Å². The van der Waals surface area contributed by atoms with Gasteiger partial charge in [-0.2, -0.15) is 0 Å². The molecule has 34 heavy (non-hydrogen) atoms. The third-order valence-electron chi connectivity index (χ3n) is 6.58. The van der Waals surface area contributed by atoms with Crippen LogP contribution < -0.4 is 5.56 Å². The number of likely N-dealkylation sites (N-methyl/N-ethyl adjacent to an activating group) is 1. The Morgan fingerprint density at radius 2 is 1.76 bits per heavy atom. The highest BCUT2D eigenvalue weighted by Crippen LogP contribution is 2.27. The van der Waals surface area contributed by atoms with Crippen LogP contribution in [0.5, 0.6) is 0 Å². The van der Waals surface area contributed by atoms with E-state index in [4.69, 9.17) is 4.98 Å². The second kappa shape index (κ2) is 11.0. The van der Waals surface area contributed by atoms with Crippen molar-refractivity contribution in [1.82, 2.24) is 29.3 Å². The first kappa shape index (κ1) is 24.2. The van der Waals surface area contributed by atoms with Crippen LogP contribution in [0.2, 0.25) is 0 Å². The van der Waals surface area contributed by atoms with Crippen LogP contribution in [0.25, 0.3) is 0 Å². The molecule has 1 atom stereocenters. The van der Waals surface area contributed by atoms with Crippen molar-refractivity contribution in [3.05, 3.63) is 87.1 Å². The quantitative estimate of drug-likeness (QED) is 0.462. The Kier molecular flexibility index (Phi) is 7.85. The van der Waals surface area contributed by atoms with E-state index in [0.717, 1.165) is 72.8 Å². The molecule has 0 N–H and O–H groups in total. The maximum atomic E-state index is 13.7. The Bertz CT molecular complexity index is 1140. The molecule has 3 aromatic rings. The Labute approximate surface area is 202 Å². The number of nitrogens with zero attached hydrogens (tertiary/aromatic N) is 6. The van der Waals surface area contributed by atoms with Crippen molar-refractivity contribution >= 4 is 0 Å². The molecule has 0 saturated heterocycles. The van der Waals surface area contributed by atoms with Crippen LogP contribution in [0, 0.1) is 6.92 Å². The van der Waals surface area contributed by atoms with Gasteiger partial charge in [0.05, 0.1) is 18.3 Å². The molecule has 0 aliphatic heterocycles. The van der Waals surface area contributed by atoms with Gasteiger partial charge >= 0.3 is 0 Å². The van der Waals surface area contributed by atoms with Crippen molar-refractivity contribution in [2.24, 2.45) is 0 Å². The number of hydrogen-bond donors (Lipinski definition) is 0. The summed E-state index contributed by atoms with van der Waals surface area (Å²) < 4.78 is 1.93. The summed E-state index contributed by atoms with van der Waals surface area (Å²) in [4.78, 5) is 32.3. The predicted octanol–water partition coefficient (Wildman–Crippen LogP) is 3.39. The summed E-state index contributed by atoms with van der Waals surface area (Å²) >= 11 is 0. The van der Waals surface area contributed by atoms with Crippen LogP contribution in [0.15, 0.2) is 47.5 Å². The standard InChI is InChI=1S/C27H36N6O/c1-5-25(32(15-14-31(3)4)18-22-16-28-20(2)29-17-22)26-30-24-13-9-12-23(24)27(34)33(26)19-21-10-7-6-8-11-21/h6-8,10-11,16-17,25H,5,9,12-15,18-19H2,1-4H3. The number of aryl methyl sites for hydroxylation is 2. The van der Waals surface area contributed by atoms with Crippen molar-refractivity contribution in [1.29, 1.82) is 0 Å². The van der Waals surface area contributed by atoms with E-state index in [0.29, 0.717) is 13.1 Å². The Hall–Kier alpha value is -2.90. The molecule has 1 aliphatic carbocycles. The number of rotatable bonds is 10. The molecule has 0 bridgehead atoms. The van der Waals surface area contributed by atoms with Crippen molar-refractivity contribution < 1.29 is 0 Å². The highest BCUT2D eigenvalue weighted by Gasteiger charge is 2.28. The summed E-state index contributed by atoms with van der Waals surface area (Å²) in [7, 11) is 4.18. The smallest absolute Gasteiger partial charge is 0.257 e. The average molecular weight is 461 g/mol. The molecule has 0 saturated carbocycles. The van der Waals surface area contributed by atoms with Crippen LogP contribution in [0.4, 0.5) is 0 Å². The average Bonchev–Trinajstić information content (AvgIpc) is 3.31. The number of benzene rings is 1. The molecule has 2 heterocycles. The number of fused-ring (bicyclic) bond motifs is 1. The third-order valence-corrected chi connectivity index (χ3v) is 6.58. The van der Waals surface area contributed by atoms with Crippen LogP contribution in [-0.2, 0) is 25.9 Å². The van der Waals surface area contributed by atoms with Crippen LogP contribution >= 0.6 is 0 Å². The van der Waals surface area contributed by atoms with Crippen LogP contribution in [0.1, 0.15) is 59.8 Å². The second-order valence-corrected chi connectivity index (χ2v) is 9.46. The molecule has 0 radical (unpaired) electrons. The maximum absolute atomic E-state index is 13.7. The van der Waals surface area contributed by atoms with E-state index in [-0.39, 0.29) is 11.6 Å². The molecule has 0 spiro atoms. The monoisotopic (exact) mass is 460 g/mol. The first-order valence-electron chi connectivity index (χ1n) is 12.3. The summed E-state index contributed by atoms with van der Waals surface area (Å²) in [6, 6.07) is 10.2. The maximum Gasteiger partial charge on any atom is 0.257 e. The van der Waals surface area contributed by atoms with Gasteiger partial charge in [0, 0.05) is 43.2 Å². The summed E-state index contributed by atoms with van der Waals surface area (Å²) in [5, 5.41) is 0. The molecular weight excluding hydrogens is 424 g/mol. The molecule has 1 aromatic carbocycles. The molecule has 180 valence electrons. The van der Waals surface area contributed by atoms with Gasteiger partial charge in [0.25, 0.3) is 5.56 Å². The van der Waals surface area contributed by atoms with E-state index >= 15 is 0 Å². The zero-order valence-corrected chi connectivity index (χ0v) is 20.9. The SMILES string of the molecule is CCC(c1nc2c(c(=O)n1Cc1ccccc1)CCC2)N(CCN(C)C)Cc1cnc(C)nc1. The molecule has 0 amide bonds. The largest absolute Gasteiger partial charge is 0.308 e. The molecular formula is C27H36N6O. The van der Waals surface area contributed by atoms with Crippen molar-refractivity contribution in [3.63, 3.8) is 0 Å². The number of aromatic nitrogens is 4. The Morgan fingerprint density at radius 1 is 1.03 bits per heavy atom. The van der Waals surface area contributed by atoms with Crippen LogP contribution in [0.3, 0.4) is 0 Å². The second-order valence-electron chi connectivity index (χ2n) is 9.46. The first-order chi connectivity index (χ1) is 16.5. The fourth-order valence-electron chi connectivity index (χ4n) is 4.73. The predicted molar refractivity (Wildman–Crippen MR) is 135 cm³/mol. The molecule has 4 rings (SSSR count). The van der Waals surface area contributed by atoms with Gasteiger partial charge in [-0.15, -0.1) is 0 Å². The summed E-state index contributed by atoms with van der Waals surface area (Å²) in [6.45, 7) is 7.12. The van der Waals surface area contributed by atoms with Gasteiger partial charge in [0.1, 0.15) is 11.6 Å². The summed E-state index contributed by atoms with van der Waals surface area (Å²) in [6.07, 6.45) is 7.41. The Balaban J connectivity index is 1.76. The van der Waals surface area contributed by atoms with Gasteiger partial charge in [0.15, 0.2) is 0 Å². The van der Waals surface area contributed by atoms with Gasteiger partial charge in [0.2, 0.25) is 0 Å². The lowest BCUT2D eigenvalue weighted by Crippen LogP contribution is -2.39. The van der Waals surface area contributed by atoms with Gasteiger partial charge in [-0.05, 0) is 52.3 Å². The summed E-state index contributed by atoms with van der Waals surface area (Å²) in [5.74, 6) is 1.65. The molecule has 0 fully saturated rings. The summed E-state index contributed by atoms with van der Waals surface area (Å²) in [5.41, 5.74) is 4.22. The Morgan fingerprint density at radius 3 is 2.44 bits per heavy atom. The fraction of sp³-hybridized carbons (Fsp3) is 0.481. The van der Waals surface area contributed by atoms with Gasteiger partial charge < -0.3 is 4.90 Å². The van der Waals surface area contributed by atoms with Crippen molar-refractivity contribution in [2.75, 3.05) is 27.2 Å². The molecule has 2 aromatic heterocycles. The van der Waals surface area contributed by atoms with Gasteiger partial charge in [-0.1, -0.05) is 37.3 Å². The lowest BCUT2D eigenvalue weighted by Gasteiger charge is -2.33. The fourth-order valence-corrected chi connectivity index (χ4v) is 4.73. The van der Waals surface area contributed by atoms with Gasteiger partial charge in [-0.25, -0.2) is 15.0 Å². The zero-order chi connectivity index (χ0) is 24.1. The van der Waals surface area contributed by atoms with E-state index < -0.39 is 0 Å².